The number of benzene rings is 2. The van der Waals surface area contributed by atoms with Crippen LogP contribution in [0.5, 0.6) is 11.5 Å². The van der Waals surface area contributed by atoms with E-state index in [0.29, 0.717) is 41.5 Å². The van der Waals surface area contributed by atoms with Crippen molar-refractivity contribution >= 4 is 40.0 Å². The van der Waals surface area contributed by atoms with Crippen molar-refractivity contribution in [2.75, 3.05) is 62.3 Å². The average Bonchev–Trinajstić information content (AvgIpc) is 3.00. The van der Waals surface area contributed by atoms with Gasteiger partial charge in [-0.15, -0.1) is 0 Å². The van der Waals surface area contributed by atoms with Gasteiger partial charge in [-0.05, 0) is 62.4 Å². The predicted octanol–water partition coefficient (Wildman–Crippen LogP) is 4.48. The van der Waals surface area contributed by atoms with Crippen LogP contribution in [-0.2, 0) is 4.79 Å². The van der Waals surface area contributed by atoms with Gasteiger partial charge < -0.3 is 30.5 Å². The number of aromatic nitrogens is 3. The minimum atomic E-state index is -0.331. The number of hydrogen-bond donors (Lipinski definition) is 2. The number of nitrogens with one attached hydrogen (secondary N) is 1. The van der Waals surface area contributed by atoms with Gasteiger partial charge in [0, 0.05) is 69.2 Å². The van der Waals surface area contributed by atoms with Gasteiger partial charge in [0.15, 0.2) is 11.5 Å². The fourth-order valence-corrected chi connectivity index (χ4v) is 5.66. The molecule has 2 fully saturated rings. The summed E-state index contributed by atoms with van der Waals surface area (Å²) in [6.45, 7) is 6.73. The number of piperidine rings is 1. The lowest BCUT2D eigenvalue weighted by molar-refractivity contribution is -0.130. The van der Waals surface area contributed by atoms with Crippen LogP contribution >= 0.6 is 0 Å². The van der Waals surface area contributed by atoms with Crippen LogP contribution in [0.3, 0.4) is 0 Å². The summed E-state index contributed by atoms with van der Waals surface area (Å²) in [4.78, 5) is 42.0. The van der Waals surface area contributed by atoms with Gasteiger partial charge in [0.25, 0.3) is 5.56 Å². The number of nitrogen functional groups attached to an aromatic ring is 1. The fourth-order valence-electron chi connectivity index (χ4n) is 5.66. The number of carbonyl (C=O) groups excluding carboxylic acids is 1. The third-order valence-corrected chi connectivity index (χ3v) is 8.08. The lowest BCUT2D eigenvalue weighted by Crippen LogP contribution is -2.44. The SMILES string of the molecule is C.CC(=O)N1CCCC(n2c(=O)c(Oc3ccccc3N)cc3cnc(Nc4ccc(N5CCN(C)CC5)cc4)nc32)C1. The first-order valence-corrected chi connectivity index (χ1v) is 14.4. The first-order valence-electron chi connectivity index (χ1n) is 14.4. The number of amides is 1. The Bertz CT molecular complexity index is 1650. The maximum absolute atomic E-state index is 14.0. The van der Waals surface area contributed by atoms with E-state index in [9.17, 15) is 9.59 Å². The largest absolute Gasteiger partial charge is 0.449 e. The molecular weight excluding hydrogens is 544 g/mol. The second-order valence-corrected chi connectivity index (χ2v) is 11.0. The Kier molecular flexibility index (Phi) is 8.81. The lowest BCUT2D eigenvalue weighted by Gasteiger charge is -2.34. The van der Waals surface area contributed by atoms with Crippen molar-refractivity contribution in [1.82, 2.24) is 24.3 Å². The molecule has 2 aliphatic heterocycles. The van der Waals surface area contributed by atoms with E-state index in [1.807, 2.05) is 18.2 Å². The highest BCUT2D eigenvalue weighted by Gasteiger charge is 2.27. The van der Waals surface area contributed by atoms with Crippen LogP contribution < -0.4 is 26.2 Å². The summed E-state index contributed by atoms with van der Waals surface area (Å²) in [5, 5.41) is 3.94. The van der Waals surface area contributed by atoms with Crippen LogP contribution in [0.4, 0.5) is 23.0 Å². The number of fused-ring (bicyclic) bond motifs is 1. The smallest absolute Gasteiger partial charge is 0.295 e. The number of pyridine rings is 1. The minimum absolute atomic E-state index is 0. The van der Waals surface area contributed by atoms with E-state index in [4.69, 9.17) is 15.5 Å². The lowest BCUT2D eigenvalue weighted by atomic mass is 10.0. The molecule has 0 bridgehead atoms. The summed E-state index contributed by atoms with van der Waals surface area (Å²) < 4.78 is 7.69. The number of para-hydroxylation sites is 2. The summed E-state index contributed by atoms with van der Waals surface area (Å²) in [6.07, 6.45) is 3.20. The summed E-state index contributed by atoms with van der Waals surface area (Å²) in [7, 11) is 2.15. The van der Waals surface area contributed by atoms with Crippen LogP contribution in [0.15, 0.2) is 65.6 Å². The van der Waals surface area contributed by atoms with Gasteiger partial charge in [0.05, 0.1) is 11.7 Å². The number of nitrogens with two attached hydrogens (primary N) is 1. The second kappa shape index (κ2) is 12.7. The maximum atomic E-state index is 14.0. The van der Waals surface area contributed by atoms with E-state index in [1.54, 1.807) is 46.9 Å². The number of anilines is 4. The molecule has 2 saturated heterocycles. The number of likely N-dealkylation sites (N-methyl/N-ethyl adjacent to an activating group) is 1. The van der Waals surface area contributed by atoms with Crippen molar-refractivity contribution in [1.29, 1.82) is 0 Å². The molecule has 2 aromatic heterocycles. The zero-order valence-corrected chi connectivity index (χ0v) is 24.0. The minimum Gasteiger partial charge on any atom is -0.449 e. The number of rotatable bonds is 6. The highest BCUT2D eigenvalue weighted by Crippen LogP contribution is 2.30. The van der Waals surface area contributed by atoms with E-state index >= 15 is 0 Å². The third kappa shape index (κ3) is 6.41. The van der Waals surface area contributed by atoms with Crippen LogP contribution in [0.2, 0.25) is 0 Å². The summed E-state index contributed by atoms with van der Waals surface area (Å²) in [5.41, 5.74) is 8.71. The molecule has 43 heavy (non-hydrogen) atoms. The molecule has 0 radical (unpaired) electrons. The Morgan fingerprint density at radius 1 is 1.02 bits per heavy atom. The van der Waals surface area contributed by atoms with Crippen molar-refractivity contribution in [2.45, 2.75) is 33.2 Å². The van der Waals surface area contributed by atoms with Gasteiger partial charge >= 0.3 is 0 Å². The summed E-state index contributed by atoms with van der Waals surface area (Å²) in [5.74, 6) is 0.889. The summed E-state index contributed by atoms with van der Waals surface area (Å²) >= 11 is 0. The Morgan fingerprint density at radius 2 is 1.77 bits per heavy atom. The van der Waals surface area contributed by atoms with E-state index < -0.39 is 0 Å². The van der Waals surface area contributed by atoms with E-state index in [-0.39, 0.29) is 30.7 Å². The topological polar surface area (TPSA) is 122 Å². The molecule has 4 aromatic rings. The molecule has 6 rings (SSSR count). The molecular formula is C32H40N8O3. The number of ether oxygens (including phenoxy) is 1. The number of likely N-dealkylation sites (tertiary alicyclic amines) is 1. The molecule has 1 unspecified atom stereocenters. The van der Waals surface area contributed by atoms with Crippen molar-refractivity contribution in [3.05, 3.63) is 71.1 Å². The second-order valence-electron chi connectivity index (χ2n) is 11.0. The number of carbonyl (C=O) groups is 1. The van der Waals surface area contributed by atoms with Gasteiger partial charge in [0.1, 0.15) is 5.65 Å². The number of piperazine rings is 1. The highest BCUT2D eigenvalue weighted by molar-refractivity contribution is 5.78. The quantitative estimate of drug-likeness (QED) is 0.316. The van der Waals surface area contributed by atoms with Gasteiger partial charge in [-0.3, -0.25) is 14.2 Å². The first kappa shape index (κ1) is 29.8. The Labute approximate surface area is 251 Å². The van der Waals surface area contributed by atoms with E-state index in [1.165, 1.54) is 5.69 Å². The first-order chi connectivity index (χ1) is 20.4. The zero-order chi connectivity index (χ0) is 29.2. The number of nitrogens with zero attached hydrogens (tertiary/aromatic N) is 6. The third-order valence-electron chi connectivity index (χ3n) is 8.08. The molecule has 1 amide bonds. The van der Waals surface area contributed by atoms with E-state index in [0.717, 1.165) is 44.7 Å². The Hall–Kier alpha value is -4.64. The van der Waals surface area contributed by atoms with Gasteiger partial charge in [-0.2, -0.15) is 4.98 Å². The molecule has 0 aliphatic carbocycles. The molecule has 1 atom stereocenters. The average molecular weight is 585 g/mol. The number of hydrogen-bond acceptors (Lipinski definition) is 9. The van der Waals surface area contributed by atoms with Gasteiger partial charge in [0.2, 0.25) is 11.9 Å². The fraction of sp³-hybridized carbons (Fsp3) is 0.375. The van der Waals surface area contributed by atoms with Gasteiger partial charge in [-0.25, -0.2) is 4.98 Å². The van der Waals surface area contributed by atoms with Crippen LogP contribution in [0.25, 0.3) is 11.0 Å². The summed E-state index contributed by atoms with van der Waals surface area (Å²) in [6, 6.07) is 16.7. The van der Waals surface area contributed by atoms with Crippen molar-refractivity contribution in [3.8, 4) is 11.5 Å². The van der Waals surface area contributed by atoms with Crippen molar-refractivity contribution < 1.29 is 9.53 Å². The molecule has 0 spiro atoms. The monoisotopic (exact) mass is 584 g/mol. The van der Waals surface area contributed by atoms with E-state index in [2.05, 4.69) is 39.3 Å². The van der Waals surface area contributed by atoms with Crippen LogP contribution in [0.1, 0.15) is 33.2 Å². The normalized spacial score (nSPS) is 17.4. The maximum Gasteiger partial charge on any atom is 0.295 e. The Balaban J connectivity index is 0.00000368. The molecule has 11 nitrogen and oxygen atoms in total. The van der Waals surface area contributed by atoms with Crippen molar-refractivity contribution in [3.63, 3.8) is 0 Å². The Morgan fingerprint density at radius 3 is 2.49 bits per heavy atom. The van der Waals surface area contributed by atoms with Crippen LogP contribution in [-0.4, -0.2) is 76.6 Å². The molecule has 2 aromatic carbocycles. The molecule has 11 heteroatoms. The standard InChI is InChI=1S/C31H36N8O3.CH4/c1-21(40)38-13-5-6-25(20-38)39-29-22(18-28(30(39)41)42-27-8-4-3-7-26(27)32)19-33-31(35-29)34-23-9-11-24(12-10-23)37-16-14-36(2)15-17-37;/h3-4,7-12,18-19,25H,5-6,13-17,20,32H2,1-2H3,(H,33,34,35);1H4. The van der Waals surface area contributed by atoms with Gasteiger partial charge in [-0.1, -0.05) is 19.6 Å². The molecule has 2 aliphatic rings. The highest BCUT2D eigenvalue weighted by atomic mass is 16.5. The molecule has 226 valence electrons. The van der Waals surface area contributed by atoms with Crippen LogP contribution in [0, 0.1) is 0 Å². The zero-order valence-electron chi connectivity index (χ0n) is 24.0. The predicted molar refractivity (Wildman–Crippen MR) is 171 cm³/mol. The molecule has 3 N–H and O–H groups in total. The molecule has 0 saturated carbocycles. The van der Waals surface area contributed by atoms with Crippen molar-refractivity contribution in [2.24, 2.45) is 0 Å². The molecule has 4 heterocycles.